The van der Waals surface area contributed by atoms with E-state index in [4.69, 9.17) is 0 Å². The molecule has 0 aromatic heterocycles. The van der Waals surface area contributed by atoms with Crippen LogP contribution in [-0.4, -0.2) is 0 Å². The molecular formula is C18H5FN4. The summed E-state index contributed by atoms with van der Waals surface area (Å²) in [6.07, 6.45) is 0. The zero-order valence-corrected chi connectivity index (χ0v) is 11.6. The molecule has 0 N–H and O–H groups in total. The molecule has 0 radical (unpaired) electrons. The molecule has 4 nitrogen and oxygen atoms in total. The number of hydrogen-bond acceptors (Lipinski definition) is 4. The summed E-state index contributed by atoms with van der Waals surface area (Å²) in [6, 6.07) is 15.0. The zero-order valence-electron chi connectivity index (χ0n) is 11.6. The molecule has 0 aliphatic rings. The van der Waals surface area contributed by atoms with Gasteiger partial charge < -0.3 is 0 Å². The molecule has 0 amide bonds. The van der Waals surface area contributed by atoms with Crippen LogP contribution in [0.1, 0.15) is 22.3 Å². The van der Waals surface area contributed by atoms with Crippen molar-refractivity contribution in [2.75, 3.05) is 0 Å². The largest absolute Gasteiger partial charge is 0.206 e. The van der Waals surface area contributed by atoms with E-state index in [1.807, 2.05) is 12.1 Å². The highest BCUT2D eigenvalue weighted by molar-refractivity contribution is 6.13. The number of nitrogens with zero attached hydrogens (tertiary/aromatic N) is 4. The second-order valence-corrected chi connectivity index (χ2v) is 4.77. The Labute approximate surface area is 130 Å². The Kier molecular flexibility index (Phi) is 3.12. The van der Waals surface area contributed by atoms with Gasteiger partial charge >= 0.3 is 0 Å². The highest BCUT2D eigenvalue weighted by atomic mass is 19.1. The lowest BCUT2D eigenvalue weighted by atomic mass is 9.88. The first-order valence-electron chi connectivity index (χ1n) is 6.49. The van der Waals surface area contributed by atoms with Crippen molar-refractivity contribution in [3.63, 3.8) is 0 Å². The fourth-order valence-corrected chi connectivity index (χ4v) is 2.76. The van der Waals surface area contributed by atoms with Gasteiger partial charge in [0.25, 0.3) is 0 Å². The lowest BCUT2D eigenvalue weighted by Gasteiger charge is -2.11. The third kappa shape index (κ3) is 1.79. The molecule has 3 aromatic carbocycles. The fourth-order valence-electron chi connectivity index (χ4n) is 2.76. The highest BCUT2D eigenvalue weighted by Crippen LogP contribution is 2.35. The minimum absolute atomic E-state index is 0.0248. The maximum atomic E-state index is 14.3. The Morgan fingerprint density at radius 3 is 1.87 bits per heavy atom. The van der Waals surface area contributed by atoms with E-state index in [2.05, 4.69) is 0 Å². The van der Waals surface area contributed by atoms with Crippen molar-refractivity contribution in [1.29, 1.82) is 21.0 Å². The van der Waals surface area contributed by atoms with E-state index in [1.165, 1.54) is 12.1 Å². The zero-order chi connectivity index (χ0) is 16.6. The van der Waals surface area contributed by atoms with Crippen LogP contribution in [-0.2, 0) is 0 Å². The highest BCUT2D eigenvalue weighted by Gasteiger charge is 2.22. The van der Waals surface area contributed by atoms with E-state index in [0.717, 1.165) is 0 Å². The van der Waals surface area contributed by atoms with Gasteiger partial charge in [-0.25, -0.2) is 4.39 Å². The van der Waals surface area contributed by atoms with Crippen molar-refractivity contribution in [3.8, 4) is 24.3 Å². The molecule has 0 spiro atoms. The molecule has 23 heavy (non-hydrogen) atoms. The summed E-state index contributed by atoms with van der Waals surface area (Å²) in [4.78, 5) is 0. The number of rotatable bonds is 0. The molecule has 0 aliphatic carbocycles. The standard InChI is InChI=1S/C18H5FN4/c19-16-3-1-2-10-4-5-11-12(6-20)13(7-21)14(8-22)15(9-23)18(11)17(10)16/h1-5H. The lowest BCUT2D eigenvalue weighted by Crippen LogP contribution is -1.99. The van der Waals surface area contributed by atoms with Gasteiger partial charge in [-0.2, -0.15) is 21.0 Å². The smallest absolute Gasteiger partial charge is 0.131 e. The van der Waals surface area contributed by atoms with Gasteiger partial charge in [0.1, 0.15) is 30.1 Å². The first-order chi connectivity index (χ1) is 11.2. The number of fused-ring (bicyclic) bond motifs is 3. The molecule has 0 aliphatic heterocycles. The van der Waals surface area contributed by atoms with Crippen molar-refractivity contribution >= 4 is 21.5 Å². The predicted octanol–water partition coefficient (Wildman–Crippen LogP) is 3.62. The Balaban J connectivity index is 2.81. The van der Waals surface area contributed by atoms with Crippen LogP contribution in [0.15, 0.2) is 30.3 Å². The summed E-state index contributed by atoms with van der Waals surface area (Å²) >= 11 is 0. The minimum atomic E-state index is -0.554. The molecule has 0 saturated carbocycles. The molecular weight excluding hydrogens is 291 g/mol. The van der Waals surface area contributed by atoms with Crippen LogP contribution in [0.4, 0.5) is 4.39 Å². The number of halogens is 1. The van der Waals surface area contributed by atoms with Gasteiger partial charge in [-0.05, 0) is 11.5 Å². The molecule has 3 rings (SSSR count). The predicted molar refractivity (Wildman–Crippen MR) is 80.3 cm³/mol. The maximum absolute atomic E-state index is 14.3. The van der Waals surface area contributed by atoms with Crippen molar-refractivity contribution in [2.45, 2.75) is 0 Å². The van der Waals surface area contributed by atoms with Crippen molar-refractivity contribution in [1.82, 2.24) is 0 Å². The SMILES string of the molecule is N#Cc1c(C#N)c(C#N)c2c(ccc3cccc(F)c32)c1C#N. The molecule has 0 fully saturated rings. The molecule has 5 heteroatoms. The van der Waals surface area contributed by atoms with Crippen LogP contribution in [0, 0.1) is 51.1 Å². The van der Waals surface area contributed by atoms with Crippen molar-refractivity contribution < 1.29 is 4.39 Å². The lowest BCUT2D eigenvalue weighted by molar-refractivity contribution is 0.640. The van der Waals surface area contributed by atoms with Crippen LogP contribution in [0.25, 0.3) is 21.5 Å². The van der Waals surface area contributed by atoms with Gasteiger partial charge in [-0.1, -0.05) is 24.3 Å². The molecule has 104 valence electrons. The third-order valence-electron chi connectivity index (χ3n) is 3.71. The summed E-state index contributed by atoms with van der Waals surface area (Å²) in [6.45, 7) is 0. The van der Waals surface area contributed by atoms with Crippen LogP contribution >= 0.6 is 0 Å². The van der Waals surface area contributed by atoms with Gasteiger partial charge in [-0.15, -0.1) is 0 Å². The Bertz CT molecular complexity index is 1170. The average Bonchev–Trinajstić information content (AvgIpc) is 2.58. The van der Waals surface area contributed by atoms with Gasteiger partial charge in [-0.3, -0.25) is 0 Å². The maximum Gasteiger partial charge on any atom is 0.131 e. The Hall–Kier alpha value is -3.93. The average molecular weight is 296 g/mol. The van der Waals surface area contributed by atoms with Crippen LogP contribution in [0.3, 0.4) is 0 Å². The Morgan fingerprint density at radius 1 is 0.652 bits per heavy atom. The quantitative estimate of drug-likeness (QED) is 0.592. The summed E-state index contributed by atoms with van der Waals surface area (Å²) in [5, 5.41) is 38.6. The molecule has 0 heterocycles. The van der Waals surface area contributed by atoms with Crippen molar-refractivity contribution in [3.05, 3.63) is 58.4 Å². The second-order valence-electron chi connectivity index (χ2n) is 4.77. The van der Waals surface area contributed by atoms with E-state index in [-0.39, 0.29) is 38.4 Å². The van der Waals surface area contributed by atoms with Gasteiger partial charge in [0, 0.05) is 16.2 Å². The molecule has 0 atom stereocenters. The Morgan fingerprint density at radius 2 is 1.26 bits per heavy atom. The topological polar surface area (TPSA) is 95.2 Å². The number of benzene rings is 3. The van der Waals surface area contributed by atoms with Crippen LogP contribution in [0.2, 0.25) is 0 Å². The van der Waals surface area contributed by atoms with E-state index in [1.54, 1.807) is 30.3 Å². The van der Waals surface area contributed by atoms with Crippen molar-refractivity contribution in [2.24, 2.45) is 0 Å². The van der Waals surface area contributed by atoms with E-state index in [0.29, 0.717) is 5.39 Å². The van der Waals surface area contributed by atoms with Gasteiger partial charge in [0.15, 0.2) is 0 Å². The second kappa shape index (κ2) is 5.12. The minimum Gasteiger partial charge on any atom is -0.206 e. The summed E-state index contributed by atoms with van der Waals surface area (Å²) in [7, 11) is 0. The van der Waals surface area contributed by atoms with E-state index < -0.39 is 5.82 Å². The first-order valence-corrected chi connectivity index (χ1v) is 6.49. The normalized spacial score (nSPS) is 9.78. The summed E-state index contributed by atoms with van der Waals surface area (Å²) < 4.78 is 14.3. The van der Waals surface area contributed by atoms with E-state index in [9.17, 15) is 25.4 Å². The third-order valence-corrected chi connectivity index (χ3v) is 3.71. The van der Waals surface area contributed by atoms with E-state index >= 15 is 0 Å². The van der Waals surface area contributed by atoms with Crippen LogP contribution < -0.4 is 0 Å². The molecule has 0 unspecified atom stereocenters. The molecule has 0 saturated heterocycles. The summed E-state index contributed by atoms with van der Waals surface area (Å²) in [5.41, 5.74) is -0.471. The fraction of sp³-hybridized carbons (Fsp3) is 0. The van der Waals surface area contributed by atoms with Gasteiger partial charge in [0.05, 0.1) is 22.3 Å². The molecule has 0 bridgehead atoms. The van der Waals surface area contributed by atoms with Crippen LogP contribution in [0.5, 0.6) is 0 Å². The molecule has 3 aromatic rings. The first kappa shape index (κ1) is 14.0. The monoisotopic (exact) mass is 296 g/mol. The number of nitriles is 4. The van der Waals surface area contributed by atoms with Gasteiger partial charge in [0.2, 0.25) is 0 Å². The number of hydrogen-bond donors (Lipinski definition) is 0. The summed E-state index contributed by atoms with van der Waals surface area (Å²) in [5.74, 6) is -0.554.